The lowest BCUT2D eigenvalue weighted by Crippen LogP contribution is -2.45. The van der Waals surface area contributed by atoms with Crippen molar-refractivity contribution in [1.82, 2.24) is 5.32 Å². The second kappa shape index (κ2) is 6.99. The van der Waals surface area contributed by atoms with Crippen molar-refractivity contribution in [2.45, 2.75) is 39.5 Å². The van der Waals surface area contributed by atoms with Crippen LogP contribution in [0.25, 0.3) is 0 Å². The van der Waals surface area contributed by atoms with Gasteiger partial charge in [-0.3, -0.25) is 4.79 Å². The molecule has 21 heavy (non-hydrogen) atoms. The molecule has 0 aromatic heterocycles. The van der Waals surface area contributed by atoms with E-state index in [1.54, 1.807) is 6.07 Å². The van der Waals surface area contributed by atoms with Gasteiger partial charge in [0, 0.05) is 0 Å². The highest BCUT2D eigenvalue weighted by molar-refractivity contribution is 6.40. The second-order valence-electron chi connectivity index (χ2n) is 5.79. The fourth-order valence-corrected chi connectivity index (χ4v) is 3.46. The Morgan fingerprint density at radius 2 is 2.00 bits per heavy atom. The normalized spacial score (nSPS) is 17.5. The lowest BCUT2D eigenvalue weighted by atomic mass is 9.74. The van der Waals surface area contributed by atoms with Crippen molar-refractivity contribution >= 4 is 34.8 Å². The highest BCUT2D eigenvalue weighted by Crippen LogP contribution is 2.38. The van der Waals surface area contributed by atoms with Crippen molar-refractivity contribution in [3.05, 3.63) is 27.7 Å². The summed E-state index contributed by atoms with van der Waals surface area (Å²) in [5.74, 6) is 0.0419. The number of anilines is 1. The molecule has 3 nitrogen and oxygen atoms in total. The van der Waals surface area contributed by atoms with E-state index in [2.05, 4.69) is 17.6 Å². The summed E-state index contributed by atoms with van der Waals surface area (Å²) in [5, 5.41) is 7.31. The van der Waals surface area contributed by atoms with Crippen molar-refractivity contribution in [3.8, 4) is 0 Å². The standard InChI is InChI=1S/C16H22Cl2N2O/c1-3-6-16(7-9-19-10-8-16)15(21)20-14-12(17)5-4-11(2)13(14)18/h4-5,19H,3,6-10H2,1-2H3,(H,20,21). The number of carbonyl (C=O) groups excluding carboxylic acids is 1. The molecule has 1 aromatic carbocycles. The number of amides is 1. The van der Waals surface area contributed by atoms with Crippen LogP contribution in [0, 0.1) is 12.3 Å². The van der Waals surface area contributed by atoms with Crippen molar-refractivity contribution < 1.29 is 4.79 Å². The first-order chi connectivity index (χ1) is 10.00. The fraction of sp³-hybridized carbons (Fsp3) is 0.562. The summed E-state index contributed by atoms with van der Waals surface area (Å²) in [6.45, 7) is 5.77. The maximum atomic E-state index is 12.8. The molecule has 1 fully saturated rings. The van der Waals surface area contributed by atoms with E-state index < -0.39 is 0 Å². The molecule has 0 atom stereocenters. The van der Waals surface area contributed by atoms with Crippen LogP contribution >= 0.6 is 23.2 Å². The van der Waals surface area contributed by atoms with Gasteiger partial charge in [-0.15, -0.1) is 0 Å². The van der Waals surface area contributed by atoms with Crippen LogP contribution in [0.2, 0.25) is 10.0 Å². The van der Waals surface area contributed by atoms with Crippen LogP contribution in [0.3, 0.4) is 0 Å². The van der Waals surface area contributed by atoms with E-state index in [0.717, 1.165) is 44.3 Å². The average molecular weight is 329 g/mol. The number of carbonyl (C=O) groups is 1. The van der Waals surface area contributed by atoms with Gasteiger partial charge < -0.3 is 10.6 Å². The summed E-state index contributed by atoms with van der Waals surface area (Å²) in [6.07, 6.45) is 3.59. The maximum Gasteiger partial charge on any atom is 0.230 e. The quantitative estimate of drug-likeness (QED) is 0.859. The molecule has 1 amide bonds. The van der Waals surface area contributed by atoms with Gasteiger partial charge in [-0.1, -0.05) is 42.6 Å². The lowest BCUT2D eigenvalue weighted by Gasteiger charge is -2.36. The molecule has 1 aliphatic heterocycles. The summed E-state index contributed by atoms with van der Waals surface area (Å²) in [4.78, 5) is 12.8. The average Bonchev–Trinajstić information content (AvgIpc) is 2.48. The number of piperidine rings is 1. The van der Waals surface area contributed by atoms with Crippen LogP contribution in [-0.4, -0.2) is 19.0 Å². The summed E-state index contributed by atoms with van der Waals surface area (Å²) in [7, 11) is 0. The summed E-state index contributed by atoms with van der Waals surface area (Å²) < 4.78 is 0. The minimum atomic E-state index is -0.309. The molecule has 2 N–H and O–H groups in total. The molecule has 116 valence electrons. The van der Waals surface area contributed by atoms with Crippen LogP contribution in [-0.2, 0) is 4.79 Å². The molecule has 1 aromatic rings. The molecule has 1 heterocycles. The van der Waals surface area contributed by atoms with Crippen LogP contribution < -0.4 is 10.6 Å². The molecular weight excluding hydrogens is 307 g/mol. The van der Waals surface area contributed by atoms with Crippen LogP contribution in [0.15, 0.2) is 12.1 Å². The Balaban J connectivity index is 2.25. The lowest BCUT2D eigenvalue weighted by molar-refractivity contribution is -0.127. The van der Waals surface area contributed by atoms with Gasteiger partial charge in [0.1, 0.15) is 0 Å². The molecule has 2 rings (SSSR count). The van der Waals surface area contributed by atoms with Gasteiger partial charge in [-0.25, -0.2) is 0 Å². The monoisotopic (exact) mass is 328 g/mol. The van der Waals surface area contributed by atoms with Gasteiger partial charge in [0.25, 0.3) is 0 Å². The third-order valence-corrected chi connectivity index (χ3v) is 5.10. The molecule has 1 aliphatic rings. The first kappa shape index (κ1) is 16.6. The van der Waals surface area contributed by atoms with Crippen LogP contribution in [0.1, 0.15) is 38.2 Å². The zero-order chi connectivity index (χ0) is 15.5. The van der Waals surface area contributed by atoms with E-state index in [0.29, 0.717) is 15.7 Å². The van der Waals surface area contributed by atoms with Crippen LogP contribution in [0.5, 0.6) is 0 Å². The van der Waals surface area contributed by atoms with Gasteiger partial charge >= 0.3 is 0 Å². The van der Waals surface area contributed by atoms with E-state index in [9.17, 15) is 4.79 Å². The smallest absolute Gasteiger partial charge is 0.230 e. The number of hydrogen-bond donors (Lipinski definition) is 2. The molecular formula is C16H22Cl2N2O. The Labute approximate surface area is 136 Å². The van der Waals surface area contributed by atoms with E-state index in [4.69, 9.17) is 23.2 Å². The number of hydrogen-bond acceptors (Lipinski definition) is 2. The van der Waals surface area contributed by atoms with Crippen molar-refractivity contribution in [1.29, 1.82) is 0 Å². The highest BCUT2D eigenvalue weighted by Gasteiger charge is 2.39. The SMILES string of the molecule is CCCC1(C(=O)Nc2c(Cl)ccc(C)c2Cl)CCNCC1. The molecule has 0 unspecified atom stereocenters. The Kier molecular flexibility index (Phi) is 5.53. The van der Waals surface area contributed by atoms with Crippen LogP contribution in [0.4, 0.5) is 5.69 Å². The third kappa shape index (κ3) is 3.53. The Morgan fingerprint density at radius 3 is 2.62 bits per heavy atom. The number of benzene rings is 1. The largest absolute Gasteiger partial charge is 0.323 e. The molecule has 1 saturated heterocycles. The molecule has 0 spiro atoms. The third-order valence-electron chi connectivity index (χ3n) is 4.29. The van der Waals surface area contributed by atoms with Gasteiger partial charge in [0.2, 0.25) is 5.91 Å². The first-order valence-corrected chi connectivity index (χ1v) is 8.22. The zero-order valence-corrected chi connectivity index (χ0v) is 14.1. The number of nitrogens with one attached hydrogen (secondary N) is 2. The maximum absolute atomic E-state index is 12.8. The molecule has 0 radical (unpaired) electrons. The summed E-state index contributed by atoms with van der Waals surface area (Å²) in [5.41, 5.74) is 1.14. The first-order valence-electron chi connectivity index (χ1n) is 7.47. The number of halogens is 2. The predicted octanol–water partition coefficient (Wildman–Crippen LogP) is 4.41. The van der Waals surface area contributed by atoms with E-state index in [-0.39, 0.29) is 11.3 Å². The van der Waals surface area contributed by atoms with Crippen molar-refractivity contribution in [2.75, 3.05) is 18.4 Å². The van der Waals surface area contributed by atoms with Crippen molar-refractivity contribution in [3.63, 3.8) is 0 Å². The topological polar surface area (TPSA) is 41.1 Å². The fourth-order valence-electron chi connectivity index (χ4n) is 2.99. The Hall–Kier alpha value is -0.770. The van der Waals surface area contributed by atoms with Crippen molar-refractivity contribution in [2.24, 2.45) is 5.41 Å². The molecule has 0 aliphatic carbocycles. The van der Waals surface area contributed by atoms with E-state index in [1.165, 1.54) is 0 Å². The minimum Gasteiger partial charge on any atom is -0.323 e. The highest BCUT2D eigenvalue weighted by atomic mass is 35.5. The molecule has 5 heteroatoms. The summed E-state index contributed by atoms with van der Waals surface area (Å²) in [6, 6.07) is 3.62. The number of rotatable bonds is 4. The minimum absolute atomic E-state index is 0.0419. The Morgan fingerprint density at radius 1 is 1.33 bits per heavy atom. The van der Waals surface area contributed by atoms with Gasteiger partial charge in [-0.05, 0) is 50.9 Å². The predicted molar refractivity (Wildman–Crippen MR) is 89.3 cm³/mol. The number of aryl methyl sites for hydroxylation is 1. The van der Waals surface area contributed by atoms with Gasteiger partial charge in [0.15, 0.2) is 0 Å². The van der Waals surface area contributed by atoms with Gasteiger partial charge in [-0.2, -0.15) is 0 Å². The van der Waals surface area contributed by atoms with Gasteiger partial charge in [0.05, 0.1) is 21.1 Å². The molecule has 0 bridgehead atoms. The summed E-state index contributed by atoms with van der Waals surface area (Å²) >= 11 is 12.5. The second-order valence-corrected chi connectivity index (χ2v) is 6.57. The zero-order valence-electron chi connectivity index (χ0n) is 12.6. The van der Waals surface area contributed by atoms with E-state index >= 15 is 0 Å². The Bertz CT molecular complexity index is 520. The van der Waals surface area contributed by atoms with E-state index in [1.807, 2.05) is 13.0 Å². The molecule has 0 saturated carbocycles.